The zero-order valence-electron chi connectivity index (χ0n) is 14.0. The number of carbonyl (C=O) groups is 1. The second kappa shape index (κ2) is 6.27. The number of carbonyl (C=O) groups excluding carboxylic acids is 1. The predicted octanol–water partition coefficient (Wildman–Crippen LogP) is 4.28. The summed E-state index contributed by atoms with van der Waals surface area (Å²) in [5.74, 6) is 0. The largest absolute Gasteiger partial charge is 0.444 e. The summed E-state index contributed by atoms with van der Waals surface area (Å²) >= 11 is 0. The van der Waals surface area contributed by atoms with E-state index in [2.05, 4.69) is 0 Å². The van der Waals surface area contributed by atoms with Crippen LogP contribution in [0.5, 0.6) is 0 Å². The smallest absolute Gasteiger partial charge is 0.410 e. The van der Waals surface area contributed by atoms with Gasteiger partial charge in [-0.2, -0.15) is 0 Å². The molecule has 2 rings (SSSR count). The minimum Gasteiger partial charge on any atom is -0.444 e. The zero-order chi connectivity index (χ0) is 16.4. The van der Waals surface area contributed by atoms with Gasteiger partial charge in [-0.15, -0.1) is 0 Å². The average Bonchev–Trinajstić information content (AvgIpc) is 2.40. The number of aryl methyl sites for hydroxylation is 1. The summed E-state index contributed by atoms with van der Waals surface area (Å²) in [6.45, 7) is 8.37. The van der Waals surface area contributed by atoms with Crippen LogP contribution in [0, 0.1) is 6.92 Å². The molecule has 22 heavy (non-hydrogen) atoms. The van der Waals surface area contributed by atoms with Crippen molar-refractivity contribution in [1.82, 2.24) is 4.90 Å². The molecule has 0 atom stereocenters. The molecule has 1 saturated heterocycles. The van der Waals surface area contributed by atoms with E-state index in [1.807, 2.05) is 52.0 Å². The first kappa shape index (κ1) is 16.8. The summed E-state index contributed by atoms with van der Waals surface area (Å²) in [7, 11) is 0. The normalized spacial score (nSPS) is 18.1. The summed E-state index contributed by atoms with van der Waals surface area (Å²) in [5, 5.41) is 0. The van der Waals surface area contributed by atoms with Crippen molar-refractivity contribution in [3.05, 3.63) is 35.4 Å². The number of likely N-dealkylation sites (tertiary alicyclic amines) is 1. The van der Waals surface area contributed by atoms with E-state index in [0.29, 0.717) is 32.4 Å². The number of alkyl halides is 1. The summed E-state index contributed by atoms with van der Waals surface area (Å²) < 4.78 is 20.3. The maximum absolute atomic E-state index is 15.0. The van der Waals surface area contributed by atoms with E-state index in [9.17, 15) is 9.18 Å². The number of ether oxygens (including phenoxy) is 1. The molecular formula is C18H26FNO2. The van der Waals surface area contributed by atoms with Gasteiger partial charge in [-0.1, -0.05) is 29.8 Å². The van der Waals surface area contributed by atoms with Crippen molar-refractivity contribution < 1.29 is 13.9 Å². The lowest BCUT2D eigenvalue weighted by Gasteiger charge is -2.37. The Balaban J connectivity index is 1.90. The molecule has 0 saturated carbocycles. The van der Waals surface area contributed by atoms with Gasteiger partial charge in [0, 0.05) is 19.5 Å². The molecule has 1 heterocycles. The number of benzene rings is 1. The average molecular weight is 307 g/mol. The standard InChI is InChI=1S/C18H26FNO2/c1-14-5-7-15(8-6-14)13-18(19)9-11-20(12-10-18)16(21)22-17(2,3)4/h5-8H,9-13H2,1-4H3. The van der Waals surface area contributed by atoms with Crippen molar-refractivity contribution in [2.45, 2.75) is 58.2 Å². The highest BCUT2D eigenvalue weighted by Gasteiger charge is 2.37. The van der Waals surface area contributed by atoms with Crippen LogP contribution in [-0.2, 0) is 11.2 Å². The minimum absolute atomic E-state index is 0.343. The third-order valence-electron chi connectivity index (χ3n) is 3.95. The maximum Gasteiger partial charge on any atom is 0.410 e. The second-order valence-electron chi connectivity index (χ2n) is 7.28. The van der Waals surface area contributed by atoms with Gasteiger partial charge in [-0.25, -0.2) is 9.18 Å². The molecule has 0 bridgehead atoms. The van der Waals surface area contributed by atoms with E-state index in [0.717, 1.165) is 5.56 Å². The first-order valence-electron chi connectivity index (χ1n) is 7.89. The quantitative estimate of drug-likeness (QED) is 0.816. The molecule has 1 aromatic carbocycles. The van der Waals surface area contributed by atoms with Crippen LogP contribution in [-0.4, -0.2) is 35.4 Å². The molecule has 1 fully saturated rings. The Bertz CT molecular complexity index is 511. The van der Waals surface area contributed by atoms with Crippen LogP contribution in [0.15, 0.2) is 24.3 Å². The van der Waals surface area contributed by atoms with Gasteiger partial charge in [0.15, 0.2) is 0 Å². The van der Waals surface area contributed by atoms with E-state index < -0.39 is 11.3 Å². The van der Waals surface area contributed by atoms with Crippen molar-refractivity contribution in [2.75, 3.05) is 13.1 Å². The Morgan fingerprint density at radius 3 is 2.27 bits per heavy atom. The topological polar surface area (TPSA) is 29.5 Å². The number of rotatable bonds is 2. The van der Waals surface area contributed by atoms with Gasteiger partial charge in [-0.3, -0.25) is 0 Å². The van der Waals surface area contributed by atoms with E-state index >= 15 is 0 Å². The van der Waals surface area contributed by atoms with Crippen molar-refractivity contribution >= 4 is 6.09 Å². The van der Waals surface area contributed by atoms with E-state index in [-0.39, 0.29) is 6.09 Å². The molecule has 0 aliphatic carbocycles. The molecule has 1 amide bonds. The van der Waals surface area contributed by atoms with Gasteiger partial charge in [-0.05, 0) is 46.1 Å². The van der Waals surface area contributed by atoms with Gasteiger partial charge in [0.25, 0.3) is 0 Å². The van der Waals surface area contributed by atoms with Crippen LogP contribution in [0.25, 0.3) is 0 Å². The Hall–Kier alpha value is -1.58. The molecule has 0 unspecified atom stereocenters. The fraction of sp³-hybridized carbons (Fsp3) is 0.611. The number of nitrogens with zero attached hydrogens (tertiary/aromatic N) is 1. The Kier molecular flexibility index (Phi) is 4.78. The molecule has 0 radical (unpaired) electrons. The Morgan fingerprint density at radius 1 is 1.23 bits per heavy atom. The molecule has 4 heteroatoms. The van der Waals surface area contributed by atoms with Crippen LogP contribution in [0.2, 0.25) is 0 Å². The van der Waals surface area contributed by atoms with Crippen LogP contribution >= 0.6 is 0 Å². The molecule has 0 aromatic heterocycles. The molecule has 1 aliphatic rings. The molecule has 3 nitrogen and oxygen atoms in total. The maximum atomic E-state index is 15.0. The lowest BCUT2D eigenvalue weighted by Crippen LogP contribution is -2.47. The third-order valence-corrected chi connectivity index (χ3v) is 3.95. The number of halogens is 1. The van der Waals surface area contributed by atoms with Crippen LogP contribution in [0.1, 0.15) is 44.7 Å². The van der Waals surface area contributed by atoms with Crippen LogP contribution in [0.3, 0.4) is 0 Å². The fourth-order valence-corrected chi connectivity index (χ4v) is 2.67. The van der Waals surface area contributed by atoms with Gasteiger partial charge >= 0.3 is 6.09 Å². The Morgan fingerprint density at radius 2 is 1.77 bits per heavy atom. The molecule has 1 aromatic rings. The predicted molar refractivity (Wildman–Crippen MR) is 85.8 cm³/mol. The van der Waals surface area contributed by atoms with E-state index in [1.165, 1.54) is 5.56 Å². The fourth-order valence-electron chi connectivity index (χ4n) is 2.67. The second-order valence-corrected chi connectivity index (χ2v) is 7.28. The lowest BCUT2D eigenvalue weighted by atomic mass is 9.87. The van der Waals surface area contributed by atoms with Crippen molar-refractivity contribution in [3.63, 3.8) is 0 Å². The van der Waals surface area contributed by atoms with Crippen molar-refractivity contribution in [3.8, 4) is 0 Å². The van der Waals surface area contributed by atoms with Gasteiger partial charge in [0.1, 0.15) is 11.3 Å². The monoisotopic (exact) mass is 307 g/mol. The SMILES string of the molecule is Cc1ccc(CC2(F)CCN(C(=O)OC(C)(C)C)CC2)cc1. The van der Waals surface area contributed by atoms with Crippen molar-refractivity contribution in [2.24, 2.45) is 0 Å². The van der Waals surface area contributed by atoms with Crippen molar-refractivity contribution in [1.29, 1.82) is 0 Å². The van der Waals surface area contributed by atoms with E-state index in [1.54, 1.807) is 4.90 Å². The summed E-state index contributed by atoms with van der Waals surface area (Å²) in [4.78, 5) is 13.6. The molecule has 1 aliphatic heterocycles. The zero-order valence-corrected chi connectivity index (χ0v) is 14.0. The van der Waals surface area contributed by atoms with Crippen LogP contribution in [0.4, 0.5) is 9.18 Å². The highest BCUT2D eigenvalue weighted by Crippen LogP contribution is 2.31. The lowest BCUT2D eigenvalue weighted by molar-refractivity contribution is 0.00339. The number of hydrogen-bond donors (Lipinski definition) is 0. The first-order valence-corrected chi connectivity index (χ1v) is 7.89. The summed E-state index contributed by atoms with van der Waals surface area (Å²) in [6.07, 6.45) is 0.792. The number of amides is 1. The molecule has 0 N–H and O–H groups in total. The summed E-state index contributed by atoms with van der Waals surface area (Å²) in [6, 6.07) is 7.98. The first-order chi connectivity index (χ1) is 10.2. The van der Waals surface area contributed by atoms with Gasteiger partial charge < -0.3 is 9.64 Å². The van der Waals surface area contributed by atoms with Gasteiger partial charge in [0.05, 0.1) is 0 Å². The highest BCUT2D eigenvalue weighted by atomic mass is 19.1. The molecule has 122 valence electrons. The number of hydrogen-bond acceptors (Lipinski definition) is 2. The minimum atomic E-state index is -1.23. The molecule has 0 spiro atoms. The van der Waals surface area contributed by atoms with E-state index in [4.69, 9.17) is 4.74 Å². The highest BCUT2D eigenvalue weighted by molar-refractivity contribution is 5.68. The number of piperidine rings is 1. The third kappa shape index (κ3) is 4.72. The van der Waals surface area contributed by atoms with Crippen LogP contribution < -0.4 is 0 Å². The Labute approximate surface area is 132 Å². The molecular weight excluding hydrogens is 281 g/mol. The van der Waals surface area contributed by atoms with Gasteiger partial charge in [0.2, 0.25) is 0 Å². The summed E-state index contributed by atoms with van der Waals surface area (Å²) in [5.41, 5.74) is 0.451.